The molecule has 4 aromatic rings. The maximum absolute atomic E-state index is 11.9. The average Bonchev–Trinajstić information content (AvgIpc) is 3.16. The van der Waals surface area contributed by atoms with E-state index in [4.69, 9.17) is 4.74 Å². The number of anilines is 1. The summed E-state index contributed by atoms with van der Waals surface area (Å²) in [5, 5.41) is 6.10. The predicted octanol–water partition coefficient (Wildman–Crippen LogP) is 5.18. The fourth-order valence-corrected chi connectivity index (χ4v) is 4.07. The fourth-order valence-electron chi connectivity index (χ4n) is 3.09. The van der Waals surface area contributed by atoms with Gasteiger partial charge in [0.05, 0.1) is 17.3 Å². The fraction of sp³-hybridized carbons (Fsp3) is 0.136. The molecular weight excluding hydrogens is 384 g/mol. The van der Waals surface area contributed by atoms with Crippen LogP contribution in [0.5, 0.6) is 5.75 Å². The van der Waals surface area contributed by atoms with Crippen LogP contribution in [0, 0.1) is 0 Å². The molecule has 0 aliphatic rings. The van der Waals surface area contributed by atoms with Crippen molar-refractivity contribution in [1.29, 1.82) is 0 Å². The third-order valence-corrected chi connectivity index (χ3v) is 5.44. The van der Waals surface area contributed by atoms with Crippen molar-refractivity contribution in [2.45, 2.75) is 6.92 Å². The van der Waals surface area contributed by atoms with Crippen LogP contribution in [0.2, 0.25) is 0 Å². The van der Waals surface area contributed by atoms with Crippen LogP contribution in [0.4, 0.5) is 9.93 Å². The molecule has 2 N–H and O–H groups in total. The Bertz CT molecular complexity index is 1160. The van der Waals surface area contributed by atoms with Gasteiger partial charge in [0.2, 0.25) is 0 Å². The molecule has 2 aromatic heterocycles. The molecule has 29 heavy (non-hydrogen) atoms. The second-order valence-corrected chi connectivity index (χ2v) is 7.35. The highest BCUT2D eigenvalue weighted by Crippen LogP contribution is 2.39. The predicted molar refractivity (Wildman–Crippen MR) is 118 cm³/mol. The van der Waals surface area contributed by atoms with E-state index in [0.717, 1.165) is 38.2 Å². The van der Waals surface area contributed by atoms with Gasteiger partial charge in [0.1, 0.15) is 5.75 Å². The van der Waals surface area contributed by atoms with E-state index in [1.165, 1.54) is 11.3 Å². The van der Waals surface area contributed by atoms with Gasteiger partial charge in [-0.05, 0) is 48.4 Å². The summed E-state index contributed by atoms with van der Waals surface area (Å²) in [6.07, 6.45) is 3.58. The van der Waals surface area contributed by atoms with Crippen molar-refractivity contribution in [3.8, 4) is 28.0 Å². The molecule has 6 nitrogen and oxygen atoms in total. The van der Waals surface area contributed by atoms with Crippen molar-refractivity contribution < 1.29 is 9.53 Å². The van der Waals surface area contributed by atoms with Crippen LogP contribution >= 0.6 is 11.3 Å². The zero-order chi connectivity index (χ0) is 20.2. The summed E-state index contributed by atoms with van der Waals surface area (Å²) in [6, 6.07) is 15.7. The first-order valence-electron chi connectivity index (χ1n) is 9.22. The molecule has 4 rings (SSSR count). The lowest BCUT2D eigenvalue weighted by atomic mass is 9.99. The van der Waals surface area contributed by atoms with Gasteiger partial charge in [-0.25, -0.2) is 9.78 Å². The first kappa shape index (κ1) is 18.9. The number of aromatic nitrogens is 2. The molecule has 0 aliphatic carbocycles. The Morgan fingerprint density at radius 2 is 1.97 bits per heavy atom. The van der Waals surface area contributed by atoms with Gasteiger partial charge in [0.15, 0.2) is 5.13 Å². The van der Waals surface area contributed by atoms with Crippen LogP contribution < -0.4 is 15.4 Å². The molecule has 0 bridgehead atoms. The summed E-state index contributed by atoms with van der Waals surface area (Å²) in [4.78, 5) is 20.8. The molecule has 0 unspecified atom stereocenters. The Hall–Kier alpha value is -3.45. The minimum Gasteiger partial charge on any atom is -0.497 e. The first-order valence-corrected chi connectivity index (χ1v) is 10.0. The number of pyridine rings is 1. The molecule has 7 heteroatoms. The number of hydrogen-bond acceptors (Lipinski definition) is 5. The lowest BCUT2D eigenvalue weighted by Crippen LogP contribution is -2.28. The highest BCUT2D eigenvalue weighted by Gasteiger charge is 2.15. The van der Waals surface area contributed by atoms with Crippen LogP contribution in [0.15, 0.2) is 60.9 Å². The van der Waals surface area contributed by atoms with Gasteiger partial charge in [-0.1, -0.05) is 29.5 Å². The van der Waals surface area contributed by atoms with E-state index in [9.17, 15) is 4.79 Å². The number of carbonyl (C=O) groups is 1. The minimum atomic E-state index is -0.262. The summed E-state index contributed by atoms with van der Waals surface area (Å²) in [7, 11) is 1.65. The van der Waals surface area contributed by atoms with Gasteiger partial charge in [-0.15, -0.1) is 0 Å². The van der Waals surface area contributed by atoms with Gasteiger partial charge in [-0.3, -0.25) is 10.3 Å². The molecule has 0 atom stereocenters. The molecule has 2 aromatic carbocycles. The van der Waals surface area contributed by atoms with E-state index in [-0.39, 0.29) is 6.03 Å². The highest BCUT2D eigenvalue weighted by molar-refractivity contribution is 7.22. The smallest absolute Gasteiger partial charge is 0.321 e. The molecule has 2 heterocycles. The number of nitrogens with one attached hydrogen (secondary N) is 2. The SMILES string of the molecule is CCNC(=O)Nc1nc2cc(-c3cccnc3)cc(-c3cccc(OC)c3)c2s1. The quantitative estimate of drug-likeness (QED) is 0.481. The molecule has 0 aliphatic heterocycles. The molecule has 146 valence electrons. The summed E-state index contributed by atoms with van der Waals surface area (Å²) < 4.78 is 6.40. The number of carbonyl (C=O) groups excluding carboxylic acids is 1. The number of urea groups is 1. The van der Waals surface area contributed by atoms with Crippen molar-refractivity contribution >= 4 is 32.7 Å². The molecular formula is C22H20N4O2S. The Kier molecular flexibility index (Phi) is 5.39. The lowest BCUT2D eigenvalue weighted by molar-refractivity contribution is 0.252. The van der Waals surface area contributed by atoms with Gasteiger partial charge in [-0.2, -0.15) is 0 Å². The van der Waals surface area contributed by atoms with E-state index in [2.05, 4.69) is 26.7 Å². The van der Waals surface area contributed by atoms with E-state index < -0.39 is 0 Å². The number of amides is 2. The number of thiazole rings is 1. The van der Waals surface area contributed by atoms with Gasteiger partial charge in [0, 0.05) is 30.1 Å². The zero-order valence-electron chi connectivity index (χ0n) is 16.1. The molecule has 2 amide bonds. The third-order valence-electron chi connectivity index (χ3n) is 4.42. The number of fused-ring (bicyclic) bond motifs is 1. The largest absolute Gasteiger partial charge is 0.497 e. The van der Waals surface area contributed by atoms with Crippen molar-refractivity contribution in [3.63, 3.8) is 0 Å². The van der Waals surface area contributed by atoms with Crippen LogP contribution in [-0.2, 0) is 0 Å². The number of ether oxygens (including phenoxy) is 1. The van der Waals surface area contributed by atoms with Crippen LogP contribution in [-0.4, -0.2) is 29.7 Å². The molecule has 0 fully saturated rings. The lowest BCUT2D eigenvalue weighted by Gasteiger charge is -2.09. The number of methoxy groups -OCH3 is 1. The summed E-state index contributed by atoms with van der Waals surface area (Å²) in [5.74, 6) is 0.785. The van der Waals surface area contributed by atoms with Gasteiger partial charge < -0.3 is 10.1 Å². The van der Waals surface area contributed by atoms with Gasteiger partial charge in [0.25, 0.3) is 0 Å². The number of rotatable bonds is 5. The van der Waals surface area contributed by atoms with Crippen molar-refractivity contribution in [3.05, 3.63) is 60.9 Å². The topological polar surface area (TPSA) is 76.1 Å². The Balaban J connectivity index is 1.88. The molecule has 0 spiro atoms. The van der Waals surface area contributed by atoms with Crippen molar-refractivity contribution in [2.24, 2.45) is 0 Å². The maximum Gasteiger partial charge on any atom is 0.321 e. The average molecular weight is 404 g/mol. The molecule has 0 radical (unpaired) electrons. The second kappa shape index (κ2) is 8.28. The van der Waals surface area contributed by atoms with Crippen LogP contribution in [0.1, 0.15) is 6.92 Å². The third kappa shape index (κ3) is 4.05. The number of hydrogen-bond donors (Lipinski definition) is 2. The van der Waals surface area contributed by atoms with Crippen molar-refractivity contribution in [1.82, 2.24) is 15.3 Å². The van der Waals surface area contributed by atoms with Crippen LogP contribution in [0.3, 0.4) is 0 Å². The standard InChI is InChI=1S/C22H20N4O2S/c1-3-24-21(27)26-22-25-19-12-16(15-7-5-9-23-13-15)11-18(20(19)29-22)14-6-4-8-17(10-14)28-2/h4-13H,3H2,1-2H3,(H2,24,25,26,27). The summed E-state index contributed by atoms with van der Waals surface area (Å²) >= 11 is 1.45. The number of benzene rings is 2. The zero-order valence-corrected chi connectivity index (χ0v) is 16.9. The van der Waals surface area contributed by atoms with Crippen molar-refractivity contribution in [2.75, 3.05) is 19.0 Å². The second-order valence-electron chi connectivity index (χ2n) is 6.35. The summed E-state index contributed by atoms with van der Waals surface area (Å²) in [6.45, 7) is 2.43. The van der Waals surface area contributed by atoms with E-state index in [1.807, 2.05) is 55.6 Å². The Labute approximate surface area is 172 Å². The highest BCUT2D eigenvalue weighted by atomic mass is 32.1. The van der Waals surface area contributed by atoms with E-state index in [0.29, 0.717) is 11.7 Å². The molecule has 0 saturated heterocycles. The number of nitrogens with zero attached hydrogens (tertiary/aromatic N) is 2. The maximum atomic E-state index is 11.9. The van der Waals surface area contributed by atoms with Gasteiger partial charge >= 0.3 is 6.03 Å². The minimum absolute atomic E-state index is 0.262. The first-order chi connectivity index (χ1) is 14.2. The normalized spacial score (nSPS) is 10.7. The monoisotopic (exact) mass is 404 g/mol. The Morgan fingerprint density at radius 3 is 2.72 bits per heavy atom. The Morgan fingerprint density at radius 1 is 1.10 bits per heavy atom. The van der Waals surface area contributed by atoms with E-state index in [1.54, 1.807) is 13.3 Å². The summed E-state index contributed by atoms with van der Waals surface area (Å²) in [5.41, 5.74) is 4.89. The van der Waals surface area contributed by atoms with E-state index >= 15 is 0 Å². The van der Waals surface area contributed by atoms with Crippen LogP contribution in [0.25, 0.3) is 32.5 Å². The molecule has 0 saturated carbocycles.